The van der Waals surface area contributed by atoms with Crippen LogP contribution in [-0.2, 0) is 14.3 Å². The molecule has 444 valence electrons. The molecule has 2 unspecified atom stereocenters. The lowest BCUT2D eigenvalue weighted by molar-refractivity contribution is -0.143. The van der Waals surface area contributed by atoms with Gasteiger partial charge >= 0.3 is 5.97 Å². The van der Waals surface area contributed by atoms with E-state index in [1.54, 1.807) is 6.08 Å². The number of aliphatic hydroxyl groups is 2. The first-order chi connectivity index (χ1) is 37.0. The van der Waals surface area contributed by atoms with Gasteiger partial charge in [-0.3, -0.25) is 9.59 Å². The molecule has 0 saturated heterocycles. The van der Waals surface area contributed by atoms with Crippen LogP contribution in [0.3, 0.4) is 0 Å². The van der Waals surface area contributed by atoms with Crippen LogP contribution in [0.2, 0.25) is 0 Å². The number of aliphatic hydroxyl groups excluding tert-OH is 2. The minimum atomic E-state index is -0.841. The third-order valence-corrected chi connectivity index (χ3v) is 16.0. The standard InChI is InChI=1S/C69H133NO5/c1-3-5-7-9-11-13-15-17-18-19-32-35-39-43-47-51-55-59-63-69(74)75-64-60-56-52-48-44-40-36-33-30-28-26-24-22-20-21-23-25-27-29-31-34-38-42-46-50-54-58-62-68(73)70-66(65-71)67(72)61-57-53-49-45-41-37-16-14-12-10-8-6-4-2/h18-19,57,61,66-67,71-72H,3-17,20-56,58-60,62-65H2,1-2H3,(H,70,73)/b19-18-,61-57+. The van der Waals surface area contributed by atoms with Gasteiger partial charge in [0.05, 0.1) is 25.4 Å². The minimum Gasteiger partial charge on any atom is -0.466 e. The molecule has 0 aromatic carbocycles. The van der Waals surface area contributed by atoms with Gasteiger partial charge in [0.1, 0.15) is 0 Å². The van der Waals surface area contributed by atoms with E-state index in [1.807, 2.05) is 6.08 Å². The smallest absolute Gasteiger partial charge is 0.305 e. The van der Waals surface area contributed by atoms with E-state index >= 15 is 0 Å². The second-order valence-electron chi connectivity index (χ2n) is 23.5. The van der Waals surface area contributed by atoms with Crippen molar-refractivity contribution < 1.29 is 24.5 Å². The normalized spacial score (nSPS) is 12.6. The highest BCUT2D eigenvalue weighted by molar-refractivity contribution is 5.76. The summed E-state index contributed by atoms with van der Waals surface area (Å²) < 4.78 is 5.50. The van der Waals surface area contributed by atoms with Gasteiger partial charge in [-0.05, 0) is 57.8 Å². The molecule has 6 heteroatoms. The van der Waals surface area contributed by atoms with Crippen LogP contribution in [0.1, 0.15) is 380 Å². The average Bonchev–Trinajstić information content (AvgIpc) is 3.41. The number of hydrogen-bond acceptors (Lipinski definition) is 5. The van der Waals surface area contributed by atoms with Gasteiger partial charge in [-0.25, -0.2) is 0 Å². The van der Waals surface area contributed by atoms with Gasteiger partial charge in [-0.1, -0.05) is 334 Å². The van der Waals surface area contributed by atoms with Crippen LogP contribution in [-0.4, -0.2) is 47.4 Å². The van der Waals surface area contributed by atoms with Gasteiger partial charge < -0.3 is 20.3 Å². The Labute approximate surface area is 469 Å². The van der Waals surface area contributed by atoms with Crippen LogP contribution in [0.4, 0.5) is 0 Å². The Morgan fingerprint density at radius 3 is 0.947 bits per heavy atom. The molecule has 0 aliphatic heterocycles. The van der Waals surface area contributed by atoms with Gasteiger partial charge in [0.2, 0.25) is 5.91 Å². The summed E-state index contributed by atoms with van der Waals surface area (Å²) >= 11 is 0. The lowest BCUT2D eigenvalue weighted by Crippen LogP contribution is -2.45. The average molecular weight is 1060 g/mol. The van der Waals surface area contributed by atoms with E-state index in [-0.39, 0.29) is 18.5 Å². The quantitative estimate of drug-likeness (QED) is 0.0320. The van der Waals surface area contributed by atoms with Crippen molar-refractivity contribution in [1.82, 2.24) is 5.32 Å². The number of amides is 1. The van der Waals surface area contributed by atoms with Crippen molar-refractivity contribution in [3.05, 3.63) is 24.3 Å². The maximum atomic E-state index is 12.5. The number of unbranched alkanes of at least 4 members (excludes halogenated alkanes) is 51. The summed E-state index contributed by atoms with van der Waals surface area (Å²) in [5.41, 5.74) is 0. The van der Waals surface area contributed by atoms with E-state index in [0.717, 1.165) is 44.9 Å². The fraction of sp³-hybridized carbons (Fsp3) is 0.913. The first-order valence-corrected chi connectivity index (χ1v) is 34.1. The number of allylic oxidation sites excluding steroid dienone is 3. The number of ether oxygens (including phenoxy) is 1. The Kier molecular flexibility index (Phi) is 63.4. The number of carbonyl (C=O) groups is 2. The molecule has 0 radical (unpaired) electrons. The van der Waals surface area contributed by atoms with Gasteiger partial charge in [-0.2, -0.15) is 0 Å². The lowest BCUT2D eigenvalue weighted by atomic mass is 10.0. The van der Waals surface area contributed by atoms with Crippen molar-refractivity contribution in [2.75, 3.05) is 13.2 Å². The monoisotopic (exact) mass is 1060 g/mol. The summed E-state index contributed by atoms with van der Waals surface area (Å²) in [6, 6.07) is -0.625. The molecule has 2 atom stereocenters. The Morgan fingerprint density at radius 2 is 0.627 bits per heavy atom. The van der Waals surface area contributed by atoms with Gasteiger partial charge in [0.15, 0.2) is 0 Å². The molecule has 0 aromatic rings. The number of esters is 1. The molecule has 0 aliphatic carbocycles. The van der Waals surface area contributed by atoms with Crippen molar-refractivity contribution in [3.8, 4) is 0 Å². The molecule has 3 N–H and O–H groups in total. The molecule has 0 rings (SSSR count). The van der Waals surface area contributed by atoms with E-state index in [1.165, 1.54) is 308 Å². The molecule has 0 spiro atoms. The number of hydrogen-bond donors (Lipinski definition) is 3. The molecule has 0 bridgehead atoms. The SMILES string of the molecule is CCCCCCCCC/C=C\CCCCCCCCCC(=O)OCCCCCCCCCCCCCCCCCCCCCCCCCCCCCC(=O)NC(CO)C(O)/C=C/CCCCCCCCCCCCC. The highest BCUT2D eigenvalue weighted by Crippen LogP contribution is 2.18. The fourth-order valence-corrected chi connectivity index (χ4v) is 10.7. The summed E-state index contributed by atoms with van der Waals surface area (Å²) in [7, 11) is 0. The topological polar surface area (TPSA) is 95.9 Å². The van der Waals surface area contributed by atoms with Crippen LogP contribution < -0.4 is 5.32 Å². The second kappa shape index (κ2) is 64.9. The Hall–Kier alpha value is -1.66. The number of rotatable bonds is 64. The highest BCUT2D eigenvalue weighted by atomic mass is 16.5. The van der Waals surface area contributed by atoms with Crippen LogP contribution in [0, 0.1) is 0 Å². The predicted molar refractivity (Wildman–Crippen MR) is 329 cm³/mol. The van der Waals surface area contributed by atoms with Crippen molar-refractivity contribution in [3.63, 3.8) is 0 Å². The Morgan fingerprint density at radius 1 is 0.360 bits per heavy atom. The first kappa shape index (κ1) is 73.3. The van der Waals surface area contributed by atoms with E-state index < -0.39 is 12.1 Å². The molecule has 75 heavy (non-hydrogen) atoms. The zero-order chi connectivity index (χ0) is 54.3. The molecular formula is C69H133NO5. The third-order valence-electron chi connectivity index (χ3n) is 16.0. The maximum absolute atomic E-state index is 12.5. The molecule has 1 amide bonds. The molecule has 6 nitrogen and oxygen atoms in total. The van der Waals surface area contributed by atoms with E-state index in [4.69, 9.17) is 4.74 Å². The molecule has 0 heterocycles. The van der Waals surface area contributed by atoms with Crippen LogP contribution in [0.25, 0.3) is 0 Å². The van der Waals surface area contributed by atoms with Crippen LogP contribution in [0.5, 0.6) is 0 Å². The van der Waals surface area contributed by atoms with E-state index in [0.29, 0.717) is 19.4 Å². The third kappa shape index (κ3) is 61.4. The Bertz CT molecular complexity index is 1170. The van der Waals surface area contributed by atoms with Crippen molar-refractivity contribution >= 4 is 11.9 Å². The second-order valence-corrected chi connectivity index (χ2v) is 23.5. The minimum absolute atomic E-state index is 0.0153. The zero-order valence-electron chi connectivity index (χ0n) is 50.8. The summed E-state index contributed by atoms with van der Waals surface area (Å²) in [4.78, 5) is 24.6. The fourth-order valence-electron chi connectivity index (χ4n) is 10.7. The number of carbonyl (C=O) groups excluding carboxylic acids is 2. The Balaban J connectivity index is 3.34. The molecule has 0 aliphatic rings. The number of nitrogens with one attached hydrogen (secondary N) is 1. The summed E-state index contributed by atoms with van der Waals surface area (Å²) in [6.45, 7) is 4.92. The molecule has 0 saturated carbocycles. The predicted octanol–water partition coefficient (Wildman–Crippen LogP) is 21.8. The van der Waals surface area contributed by atoms with Gasteiger partial charge in [-0.15, -0.1) is 0 Å². The summed E-state index contributed by atoms with van der Waals surface area (Å²) in [5.74, 6) is -0.0486. The van der Waals surface area contributed by atoms with Gasteiger partial charge in [0.25, 0.3) is 0 Å². The van der Waals surface area contributed by atoms with Gasteiger partial charge in [0, 0.05) is 12.8 Å². The van der Waals surface area contributed by atoms with Crippen molar-refractivity contribution in [2.45, 2.75) is 392 Å². The summed E-state index contributed by atoms with van der Waals surface area (Å²) in [6.07, 6.45) is 81.1. The van der Waals surface area contributed by atoms with Crippen LogP contribution in [0.15, 0.2) is 24.3 Å². The maximum Gasteiger partial charge on any atom is 0.305 e. The zero-order valence-corrected chi connectivity index (χ0v) is 50.8. The molecule has 0 aromatic heterocycles. The van der Waals surface area contributed by atoms with Crippen LogP contribution >= 0.6 is 0 Å². The van der Waals surface area contributed by atoms with E-state index in [9.17, 15) is 19.8 Å². The van der Waals surface area contributed by atoms with E-state index in [2.05, 4.69) is 31.3 Å². The summed E-state index contributed by atoms with van der Waals surface area (Å²) in [5, 5.41) is 23.1. The van der Waals surface area contributed by atoms with Crippen molar-refractivity contribution in [2.24, 2.45) is 0 Å². The lowest BCUT2D eigenvalue weighted by Gasteiger charge is -2.20. The first-order valence-electron chi connectivity index (χ1n) is 34.1. The molecular weight excluding hydrogens is 923 g/mol. The van der Waals surface area contributed by atoms with Crippen molar-refractivity contribution in [1.29, 1.82) is 0 Å². The highest BCUT2D eigenvalue weighted by Gasteiger charge is 2.18. The largest absolute Gasteiger partial charge is 0.466 e. The molecule has 0 fully saturated rings.